The van der Waals surface area contributed by atoms with Crippen LogP contribution in [-0.4, -0.2) is 34.9 Å². The molecule has 0 unspecified atom stereocenters. The first-order valence-electron chi connectivity index (χ1n) is 10.8. The third kappa shape index (κ3) is 4.72. The van der Waals surface area contributed by atoms with Crippen LogP contribution in [0.25, 0.3) is 21.3 Å². The van der Waals surface area contributed by atoms with Gasteiger partial charge >= 0.3 is 0 Å². The van der Waals surface area contributed by atoms with E-state index >= 15 is 0 Å². The van der Waals surface area contributed by atoms with Gasteiger partial charge in [-0.3, -0.25) is 14.6 Å². The first kappa shape index (κ1) is 24.6. The number of fused-ring (bicyclic) bond motifs is 1. The van der Waals surface area contributed by atoms with Crippen LogP contribution in [0, 0.1) is 13.8 Å². The standard InChI is InChI=1S/C23H26N6O4S2/c1-11(2)26-22(30)17-8-14-15(10-29(5)23(31)20(14)28-17)21-16(9-18(34-21)35(24,32)33)27-19-12(3)6-7-25-13(19)4/h6-11,27-28H,1-5H3,(H,26,30)(H2,24,32,33). The number of pyridine rings is 2. The molecule has 12 heteroatoms. The summed E-state index contributed by atoms with van der Waals surface area (Å²) >= 11 is 0.983. The highest BCUT2D eigenvalue weighted by Gasteiger charge is 2.23. The molecular formula is C23H26N6O4S2. The summed E-state index contributed by atoms with van der Waals surface area (Å²) in [5.74, 6) is -0.347. The van der Waals surface area contributed by atoms with Crippen LogP contribution in [0.5, 0.6) is 0 Å². The first-order valence-corrected chi connectivity index (χ1v) is 13.1. The van der Waals surface area contributed by atoms with Gasteiger partial charge in [0.25, 0.3) is 11.5 Å². The fourth-order valence-electron chi connectivity index (χ4n) is 3.80. The van der Waals surface area contributed by atoms with Crippen LogP contribution in [-0.2, 0) is 17.1 Å². The van der Waals surface area contributed by atoms with Crippen molar-refractivity contribution in [1.82, 2.24) is 19.9 Å². The molecule has 0 aliphatic carbocycles. The van der Waals surface area contributed by atoms with E-state index in [9.17, 15) is 18.0 Å². The van der Waals surface area contributed by atoms with Gasteiger partial charge in [-0.1, -0.05) is 0 Å². The maximum absolute atomic E-state index is 12.9. The lowest BCUT2D eigenvalue weighted by Crippen LogP contribution is -2.30. The summed E-state index contributed by atoms with van der Waals surface area (Å²) in [4.78, 5) is 33.3. The molecule has 0 saturated heterocycles. The molecule has 0 aliphatic rings. The highest BCUT2D eigenvalue weighted by Crippen LogP contribution is 2.42. The lowest BCUT2D eigenvalue weighted by Gasteiger charge is -2.13. The summed E-state index contributed by atoms with van der Waals surface area (Å²) in [6.07, 6.45) is 3.32. The Morgan fingerprint density at radius 3 is 2.60 bits per heavy atom. The minimum atomic E-state index is -4.00. The zero-order valence-electron chi connectivity index (χ0n) is 19.9. The Hall–Kier alpha value is -3.48. The minimum Gasteiger partial charge on any atom is -0.353 e. The van der Waals surface area contributed by atoms with E-state index in [4.69, 9.17) is 5.14 Å². The van der Waals surface area contributed by atoms with Crippen LogP contribution < -0.4 is 21.3 Å². The van der Waals surface area contributed by atoms with Gasteiger partial charge in [0.2, 0.25) is 10.0 Å². The molecule has 4 heterocycles. The number of nitrogens with one attached hydrogen (secondary N) is 3. The van der Waals surface area contributed by atoms with Crippen LogP contribution in [0.15, 0.2) is 39.6 Å². The molecule has 1 amide bonds. The van der Waals surface area contributed by atoms with Gasteiger partial charge < -0.3 is 20.2 Å². The van der Waals surface area contributed by atoms with Crippen molar-refractivity contribution >= 4 is 49.5 Å². The average molecular weight is 515 g/mol. The number of carbonyl (C=O) groups is 1. The van der Waals surface area contributed by atoms with E-state index in [1.54, 1.807) is 25.5 Å². The van der Waals surface area contributed by atoms with E-state index in [1.165, 1.54) is 10.6 Å². The van der Waals surface area contributed by atoms with Gasteiger partial charge in [0.05, 0.1) is 21.9 Å². The Bertz CT molecular complexity index is 1610. The van der Waals surface area contributed by atoms with Gasteiger partial charge in [-0.05, 0) is 51.5 Å². The number of primary sulfonamides is 1. The number of aryl methyl sites for hydroxylation is 3. The van der Waals surface area contributed by atoms with Crippen molar-refractivity contribution in [3.8, 4) is 10.4 Å². The van der Waals surface area contributed by atoms with E-state index in [1.807, 2.05) is 33.8 Å². The molecule has 4 rings (SSSR count). The maximum Gasteiger partial charge on any atom is 0.274 e. The fourth-order valence-corrected chi connectivity index (χ4v) is 5.66. The second-order valence-electron chi connectivity index (χ2n) is 8.63. The third-order valence-electron chi connectivity index (χ3n) is 5.47. The number of hydrogen-bond donors (Lipinski definition) is 4. The summed E-state index contributed by atoms with van der Waals surface area (Å²) in [5, 5.41) is 12.1. The Balaban J connectivity index is 1.97. The van der Waals surface area contributed by atoms with Gasteiger partial charge in [0.15, 0.2) is 0 Å². The number of aromatic amines is 1. The van der Waals surface area contributed by atoms with Crippen molar-refractivity contribution in [3.05, 3.63) is 57.9 Å². The van der Waals surface area contributed by atoms with Crippen molar-refractivity contribution in [1.29, 1.82) is 0 Å². The largest absolute Gasteiger partial charge is 0.353 e. The molecule has 0 spiro atoms. The van der Waals surface area contributed by atoms with Gasteiger partial charge in [0.1, 0.15) is 15.4 Å². The zero-order chi connectivity index (χ0) is 25.7. The Labute approximate surface area is 206 Å². The average Bonchev–Trinajstić information content (AvgIpc) is 3.38. The molecule has 0 saturated carbocycles. The number of rotatable bonds is 6. The SMILES string of the molecule is Cc1ccnc(C)c1Nc1cc(S(N)(=O)=O)sc1-c1cn(C)c(=O)c2[nH]c(C(=O)NC(C)C)cc12. The summed E-state index contributed by atoms with van der Waals surface area (Å²) in [6.45, 7) is 7.44. The highest BCUT2D eigenvalue weighted by atomic mass is 32.2. The molecule has 0 bridgehead atoms. The maximum atomic E-state index is 12.9. The third-order valence-corrected chi connectivity index (χ3v) is 8.06. The molecule has 0 aromatic carbocycles. The zero-order valence-corrected chi connectivity index (χ0v) is 21.5. The van der Waals surface area contributed by atoms with Crippen LogP contribution in [0.3, 0.4) is 0 Å². The summed E-state index contributed by atoms with van der Waals surface area (Å²) < 4.78 is 25.8. The number of carbonyl (C=O) groups excluding carboxylic acids is 1. The number of aromatic nitrogens is 3. The smallest absolute Gasteiger partial charge is 0.274 e. The summed E-state index contributed by atoms with van der Waals surface area (Å²) in [7, 11) is -2.40. The quantitative estimate of drug-likeness (QED) is 0.310. The molecule has 10 nitrogen and oxygen atoms in total. The predicted molar refractivity (Wildman–Crippen MR) is 138 cm³/mol. The monoisotopic (exact) mass is 514 g/mol. The Morgan fingerprint density at radius 1 is 1.26 bits per heavy atom. The van der Waals surface area contributed by atoms with Crippen LogP contribution in [0.4, 0.5) is 11.4 Å². The molecule has 0 aliphatic heterocycles. The normalized spacial score (nSPS) is 11.9. The Kier molecular flexibility index (Phi) is 6.30. The van der Waals surface area contributed by atoms with Crippen molar-refractivity contribution in [2.45, 2.75) is 37.9 Å². The Morgan fingerprint density at radius 2 is 1.97 bits per heavy atom. The molecule has 0 fully saturated rings. The molecule has 0 atom stereocenters. The lowest BCUT2D eigenvalue weighted by molar-refractivity contribution is 0.0939. The van der Waals surface area contributed by atoms with Crippen molar-refractivity contribution in [2.24, 2.45) is 12.2 Å². The molecule has 4 aromatic rings. The highest BCUT2D eigenvalue weighted by molar-refractivity contribution is 7.91. The molecule has 35 heavy (non-hydrogen) atoms. The van der Waals surface area contributed by atoms with Crippen LogP contribution >= 0.6 is 11.3 Å². The van der Waals surface area contributed by atoms with E-state index in [0.29, 0.717) is 21.5 Å². The summed E-state index contributed by atoms with van der Waals surface area (Å²) in [6, 6.07) is 4.83. The summed E-state index contributed by atoms with van der Waals surface area (Å²) in [5.41, 5.74) is 3.62. The van der Waals surface area contributed by atoms with Crippen molar-refractivity contribution in [2.75, 3.05) is 5.32 Å². The number of nitrogens with two attached hydrogens (primary N) is 1. The van der Waals surface area contributed by atoms with Gasteiger partial charge in [-0.25, -0.2) is 13.6 Å². The minimum absolute atomic E-state index is 0.0375. The van der Waals surface area contributed by atoms with E-state index in [0.717, 1.165) is 28.3 Å². The number of H-pyrrole nitrogens is 1. The van der Waals surface area contributed by atoms with Gasteiger partial charge in [-0.15, -0.1) is 11.3 Å². The van der Waals surface area contributed by atoms with Crippen LogP contribution in [0.2, 0.25) is 0 Å². The van der Waals surface area contributed by atoms with E-state index in [2.05, 4.69) is 20.6 Å². The molecule has 5 N–H and O–H groups in total. The van der Waals surface area contributed by atoms with E-state index in [-0.39, 0.29) is 32.9 Å². The van der Waals surface area contributed by atoms with Gasteiger partial charge in [-0.2, -0.15) is 0 Å². The van der Waals surface area contributed by atoms with E-state index < -0.39 is 10.0 Å². The molecule has 4 aromatic heterocycles. The number of anilines is 2. The molecular weight excluding hydrogens is 488 g/mol. The molecule has 0 radical (unpaired) electrons. The second-order valence-corrected chi connectivity index (χ2v) is 11.5. The van der Waals surface area contributed by atoms with Crippen molar-refractivity contribution in [3.63, 3.8) is 0 Å². The topological polar surface area (TPSA) is 152 Å². The number of nitrogens with zero attached hydrogens (tertiary/aromatic N) is 2. The molecule has 184 valence electrons. The number of hydrogen-bond acceptors (Lipinski definition) is 7. The fraction of sp³-hybridized carbons (Fsp3) is 0.261. The van der Waals surface area contributed by atoms with Gasteiger partial charge in [0, 0.05) is 36.4 Å². The van der Waals surface area contributed by atoms with Crippen LogP contribution in [0.1, 0.15) is 35.6 Å². The number of thiophene rings is 1. The number of sulfonamides is 1. The first-order chi connectivity index (χ1) is 16.4. The lowest BCUT2D eigenvalue weighted by atomic mass is 10.1. The number of amides is 1. The second kappa shape index (κ2) is 8.95. The van der Waals surface area contributed by atoms with Crippen molar-refractivity contribution < 1.29 is 13.2 Å². The predicted octanol–water partition coefficient (Wildman–Crippen LogP) is 3.14.